The van der Waals surface area contributed by atoms with Crippen molar-refractivity contribution in [2.24, 2.45) is 7.05 Å². The van der Waals surface area contributed by atoms with E-state index in [1.807, 2.05) is 24.3 Å². The van der Waals surface area contributed by atoms with Crippen LogP contribution in [0.3, 0.4) is 0 Å². The van der Waals surface area contributed by atoms with Crippen LogP contribution < -0.4 is 5.32 Å². The fourth-order valence-corrected chi connectivity index (χ4v) is 2.50. The first-order valence-electron chi connectivity index (χ1n) is 6.21. The lowest BCUT2D eigenvalue weighted by atomic mass is 10.1. The van der Waals surface area contributed by atoms with Crippen LogP contribution in [-0.4, -0.2) is 26.9 Å². The predicted octanol–water partition coefficient (Wildman–Crippen LogP) is 0.808. The van der Waals surface area contributed by atoms with Gasteiger partial charge < -0.3 is 10.4 Å². The summed E-state index contributed by atoms with van der Waals surface area (Å²) < 4.78 is 1.58. The molecule has 1 amide bonds. The summed E-state index contributed by atoms with van der Waals surface area (Å²) in [6.07, 6.45) is 1.71. The number of benzene rings is 1. The molecule has 1 aromatic heterocycles. The van der Waals surface area contributed by atoms with Gasteiger partial charge in [0, 0.05) is 19.7 Å². The number of carbonyl (C=O) groups is 1. The molecule has 0 spiro atoms. The van der Waals surface area contributed by atoms with Gasteiger partial charge in [0.05, 0.1) is 12.1 Å². The van der Waals surface area contributed by atoms with E-state index in [1.165, 1.54) is 0 Å². The third kappa shape index (κ3) is 2.13. The SMILES string of the molecule is Cn1ccc(C(=O)N[C@H]2c3ccccc3C[C@H]2O)n1. The van der Waals surface area contributed by atoms with Crippen LogP contribution in [0.2, 0.25) is 0 Å². The van der Waals surface area contributed by atoms with Gasteiger partial charge >= 0.3 is 0 Å². The molecule has 2 N–H and O–H groups in total. The van der Waals surface area contributed by atoms with Gasteiger partial charge in [0.2, 0.25) is 0 Å². The quantitative estimate of drug-likeness (QED) is 0.836. The molecule has 1 heterocycles. The van der Waals surface area contributed by atoms with E-state index < -0.39 is 6.10 Å². The molecule has 1 aliphatic rings. The maximum Gasteiger partial charge on any atom is 0.272 e. The zero-order chi connectivity index (χ0) is 13.4. The van der Waals surface area contributed by atoms with Crippen LogP contribution >= 0.6 is 0 Å². The molecule has 3 rings (SSSR count). The van der Waals surface area contributed by atoms with Crippen molar-refractivity contribution in [1.29, 1.82) is 0 Å². The van der Waals surface area contributed by atoms with E-state index in [2.05, 4.69) is 10.4 Å². The molecular formula is C14H15N3O2. The molecule has 19 heavy (non-hydrogen) atoms. The molecule has 0 aliphatic heterocycles. The summed E-state index contributed by atoms with van der Waals surface area (Å²) in [6.45, 7) is 0. The van der Waals surface area contributed by atoms with Crippen molar-refractivity contribution < 1.29 is 9.90 Å². The van der Waals surface area contributed by atoms with Crippen LogP contribution in [0.15, 0.2) is 36.5 Å². The maximum absolute atomic E-state index is 12.1. The van der Waals surface area contributed by atoms with Crippen LogP contribution in [0.5, 0.6) is 0 Å². The van der Waals surface area contributed by atoms with Crippen LogP contribution in [0.25, 0.3) is 0 Å². The smallest absolute Gasteiger partial charge is 0.272 e. The average Bonchev–Trinajstić information content (AvgIpc) is 2.95. The van der Waals surface area contributed by atoms with Gasteiger partial charge in [-0.1, -0.05) is 24.3 Å². The van der Waals surface area contributed by atoms with Crippen molar-refractivity contribution in [2.75, 3.05) is 0 Å². The van der Waals surface area contributed by atoms with Crippen LogP contribution in [0.4, 0.5) is 0 Å². The Kier molecular flexibility index (Phi) is 2.83. The Morgan fingerprint density at radius 1 is 1.42 bits per heavy atom. The monoisotopic (exact) mass is 257 g/mol. The lowest BCUT2D eigenvalue weighted by Gasteiger charge is -2.17. The Balaban J connectivity index is 1.82. The Bertz CT molecular complexity index is 621. The van der Waals surface area contributed by atoms with E-state index in [4.69, 9.17) is 0 Å². The van der Waals surface area contributed by atoms with E-state index in [0.717, 1.165) is 11.1 Å². The largest absolute Gasteiger partial charge is 0.390 e. The molecule has 98 valence electrons. The van der Waals surface area contributed by atoms with Crippen LogP contribution in [-0.2, 0) is 13.5 Å². The molecule has 5 heteroatoms. The number of fused-ring (bicyclic) bond motifs is 1. The summed E-state index contributed by atoms with van der Waals surface area (Å²) in [6, 6.07) is 9.07. The van der Waals surface area contributed by atoms with Crippen molar-refractivity contribution in [3.05, 3.63) is 53.3 Å². The fourth-order valence-electron chi connectivity index (χ4n) is 2.50. The number of amides is 1. The van der Waals surface area contributed by atoms with Crippen molar-refractivity contribution in [2.45, 2.75) is 18.6 Å². The minimum atomic E-state index is -0.579. The molecule has 5 nitrogen and oxygen atoms in total. The first-order chi connectivity index (χ1) is 9.15. The zero-order valence-electron chi connectivity index (χ0n) is 10.6. The minimum absolute atomic E-state index is 0.263. The Morgan fingerprint density at radius 3 is 2.95 bits per heavy atom. The van der Waals surface area contributed by atoms with Crippen LogP contribution in [0.1, 0.15) is 27.7 Å². The van der Waals surface area contributed by atoms with E-state index >= 15 is 0 Å². The van der Waals surface area contributed by atoms with Gasteiger partial charge in [-0.3, -0.25) is 9.48 Å². The number of rotatable bonds is 2. The highest BCUT2D eigenvalue weighted by atomic mass is 16.3. The maximum atomic E-state index is 12.1. The standard InChI is InChI=1S/C14H15N3O2/c1-17-7-6-11(16-17)14(19)15-13-10-5-3-2-4-9(10)8-12(13)18/h2-7,12-13,18H,8H2,1H3,(H,15,19)/t12-,13+/m1/s1. The highest BCUT2D eigenvalue weighted by molar-refractivity contribution is 5.92. The highest BCUT2D eigenvalue weighted by Gasteiger charge is 2.32. The Hall–Kier alpha value is -2.14. The van der Waals surface area contributed by atoms with Gasteiger partial charge in [-0.15, -0.1) is 0 Å². The molecule has 0 bridgehead atoms. The Morgan fingerprint density at radius 2 is 2.21 bits per heavy atom. The van der Waals surface area contributed by atoms with Gasteiger partial charge in [-0.25, -0.2) is 0 Å². The number of carbonyl (C=O) groups excluding carboxylic acids is 1. The molecular weight excluding hydrogens is 242 g/mol. The molecule has 0 saturated heterocycles. The lowest BCUT2D eigenvalue weighted by Crippen LogP contribution is -2.34. The van der Waals surface area contributed by atoms with Gasteiger partial charge in [-0.05, 0) is 17.2 Å². The van der Waals surface area contributed by atoms with Crippen molar-refractivity contribution in [1.82, 2.24) is 15.1 Å². The number of aromatic nitrogens is 2. The third-order valence-electron chi connectivity index (χ3n) is 3.44. The molecule has 0 saturated carbocycles. The van der Waals surface area contributed by atoms with E-state index in [9.17, 15) is 9.90 Å². The van der Waals surface area contributed by atoms with Crippen molar-refractivity contribution in [3.63, 3.8) is 0 Å². The minimum Gasteiger partial charge on any atom is -0.390 e. The number of nitrogens with one attached hydrogen (secondary N) is 1. The van der Waals surface area contributed by atoms with Gasteiger partial charge in [0.15, 0.2) is 0 Å². The second kappa shape index (κ2) is 4.51. The summed E-state index contributed by atoms with van der Waals surface area (Å²) in [5, 5.41) is 17.0. The number of aliphatic hydroxyl groups excluding tert-OH is 1. The molecule has 2 aromatic rings. The molecule has 0 fully saturated rings. The van der Waals surface area contributed by atoms with E-state index in [1.54, 1.807) is 24.0 Å². The summed E-state index contributed by atoms with van der Waals surface area (Å²) in [5.74, 6) is -0.263. The van der Waals surface area contributed by atoms with E-state index in [-0.39, 0.29) is 11.9 Å². The van der Waals surface area contributed by atoms with Crippen LogP contribution in [0, 0.1) is 0 Å². The molecule has 0 radical (unpaired) electrons. The Labute approximate surface area is 110 Å². The normalized spacial score (nSPS) is 21.2. The van der Waals surface area contributed by atoms with Gasteiger partial charge in [0.25, 0.3) is 5.91 Å². The first kappa shape index (κ1) is 11.9. The zero-order valence-corrected chi connectivity index (χ0v) is 10.6. The second-order valence-corrected chi connectivity index (χ2v) is 4.80. The third-order valence-corrected chi connectivity index (χ3v) is 3.44. The number of hydrogen-bond acceptors (Lipinski definition) is 3. The number of hydrogen-bond donors (Lipinski definition) is 2. The summed E-state index contributed by atoms with van der Waals surface area (Å²) in [7, 11) is 1.76. The molecule has 0 unspecified atom stereocenters. The molecule has 1 aromatic carbocycles. The van der Waals surface area contributed by atoms with Gasteiger partial charge in [-0.2, -0.15) is 5.10 Å². The van der Waals surface area contributed by atoms with Gasteiger partial charge in [0.1, 0.15) is 5.69 Å². The highest BCUT2D eigenvalue weighted by Crippen LogP contribution is 2.31. The fraction of sp³-hybridized carbons (Fsp3) is 0.286. The van der Waals surface area contributed by atoms with Crippen molar-refractivity contribution in [3.8, 4) is 0 Å². The lowest BCUT2D eigenvalue weighted by molar-refractivity contribution is 0.0852. The second-order valence-electron chi connectivity index (χ2n) is 4.80. The molecule has 1 aliphatic carbocycles. The number of nitrogens with zero attached hydrogens (tertiary/aromatic N) is 2. The summed E-state index contributed by atoms with van der Waals surface area (Å²) in [4.78, 5) is 12.1. The number of aryl methyl sites for hydroxylation is 1. The average molecular weight is 257 g/mol. The van der Waals surface area contributed by atoms with E-state index in [0.29, 0.717) is 12.1 Å². The summed E-state index contributed by atoms with van der Waals surface area (Å²) >= 11 is 0. The topological polar surface area (TPSA) is 67.2 Å². The first-order valence-corrected chi connectivity index (χ1v) is 6.21. The predicted molar refractivity (Wildman–Crippen MR) is 69.6 cm³/mol. The number of aliphatic hydroxyl groups is 1. The van der Waals surface area contributed by atoms with Crippen molar-refractivity contribution >= 4 is 5.91 Å². The molecule has 2 atom stereocenters. The summed E-state index contributed by atoms with van der Waals surface area (Å²) in [5.41, 5.74) is 2.43.